The quantitative estimate of drug-likeness (QED) is 0.159. The first-order valence-electron chi connectivity index (χ1n) is 10.9. The number of phenolic OH excluding ortho intramolecular Hbond substituents is 1. The number of aromatic hydroxyl groups is 1. The van der Waals surface area contributed by atoms with Crippen LogP contribution in [0.2, 0.25) is 0 Å². The standard InChI is InChI=1S/C22H24N2O8.CH4O3S.H2O/c1-7-8-5-4-6-9(25)11(8)16(26)12-10(7)17(27)14-15(24(2)3)18(28)13(21(23)31)20(30)22(14,32)19(12)29;1-5(2,3)4;/h4-7,10,14-15,17,25,27-29,32H,1-3H3,(H2,23,31);1H3,(H,2,3,4);1H2/t7-,10+,14+,15-,17-,22-;;/m0../s1. The number of hydrogen-bond donors (Lipinski definition) is 7. The Morgan fingerprint density at radius 2 is 1.66 bits per heavy atom. The van der Waals surface area contributed by atoms with Crippen LogP contribution in [0.15, 0.2) is 40.9 Å². The zero-order chi connectivity index (χ0) is 28.4. The summed E-state index contributed by atoms with van der Waals surface area (Å²) >= 11 is 0. The highest BCUT2D eigenvalue weighted by Crippen LogP contribution is 2.55. The number of ketones is 2. The summed E-state index contributed by atoms with van der Waals surface area (Å²) in [6.45, 7) is 1.68. The number of rotatable bonds is 2. The van der Waals surface area contributed by atoms with Crippen LogP contribution in [0, 0.1) is 11.8 Å². The minimum absolute atomic E-state index is 0. The Morgan fingerprint density at radius 1 is 1.13 bits per heavy atom. The van der Waals surface area contributed by atoms with Crippen LogP contribution in [0.5, 0.6) is 5.75 Å². The van der Waals surface area contributed by atoms with Gasteiger partial charge in [-0.3, -0.25) is 23.8 Å². The molecule has 1 aromatic rings. The molecule has 0 bridgehead atoms. The van der Waals surface area contributed by atoms with Crippen molar-refractivity contribution < 1.29 is 58.4 Å². The molecule has 0 radical (unpaired) electrons. The first-order chi connectivity index (χ1) is 16.9. The zero-order valence-electron chi connectivity index (χ0n) is 20.8. The fourth-order valence-corrected chi connectivity index (χ4v) is 5.58. The molecule has 4 rings (SSSR count). The predicted octanol–water partition coefficient (Wildman–Crippen LogP) is -1.67. The van der Waals surface area contributed by atoms with Gasteiger partial charge < -0.3 is 36.7 Å². The van der Waals surface area contributed by atoms with E-state index in [2.05, 4.69) is 0 Å². The Morgan fingerprint density at radius 3 is 2.13 bits per heavy atom. The Hall–Kier alpha value is -3.34. The third kappa shape index (κ3) is 4.57. The fraction of sp³-hybridized carbons (Fsp3) is 0.435. The summed E-state index contributed by atoms with van der Waals surface area (Å²) in [6, 6.07) is 3.17. The van der Waals surface area contributed by atoms with Crippen LogP contribution in [0.3, 0.4) is 0 Å². The maximum atomic E-state index is 13.3. The first kappa shape index (κ1) is 30.9. The van der Waals surface area contributed by atoms with E-state index >= 15 is 0 Å². The van der Waals surface area contributed by atoms with Gasteiger partial charge in [0.1, 0.15) is 22.8 Å². The van der Waals surface area contributed by atoms with Gasteiger partial charge in [-0.15, -0.1) is 0 Å². The average molecular weight is 559 g/mol. The molecule has 0 saturated heterocycles. The molecule has 0 heterocycles. The maximum Gasteiger partial charge on any atom is 0.261 e. The van der Waals surface area contributed by atoms with E-state index in [1.807, 2.05) is 0 Å². The Labute approximate surface area is 217 Å². The van der Waals surface area contributed by atoms with E-state index in [-0.39, 0.29) is 16.8 Å². The number of primary amides is 1. The van der Waals surface area contributed by atoms with E-state index in [0.29, 0.717) is 11.8 Å². The molecule has 0 aliphatic heterocycles. The van der Waals surface area contributed by atoms with Gasteiger partial charge in [0, 0.05) is 11.5 Å². The summed E-state index contributed by atoms with van der Waals surface area (Å²) in [5.41, 5.74) is 1.36. The fourth-order valence-electron chi connectivity index (χ4n) is 5.58. The van der Waals surface area contributed by atoms with Crippen molar-refractivity contribution in [1.82, 2.24) is 4.90 Å². The molecule has 210 valence electrons. The van der Waals surface area contributed by atoms with Crippen LogP contribution in [-0.2, 0) is 19.7 Å². The second kappa shape index (κ2) is 10.1. The van der Waals surface area contributed by atoms with E-state index in [1.54, 1.807) is 19.1 Å². The monoisotopic (exact) mass is 558 g/mol. The van der Waals surface area contributed by atoms with Crippen molar-refractivity contribution in [3.8, 4) is 5.75 Å². The number of carbonyl (C=O) groups is 3. The van der Waals surface area contributed by atoms with Gasteiger partial charge in [-0.05, 0) is 31.6 Å². The highest BCUT2D eigenvalue weighted by molar-refractivity contribution is 7.85. The maximum absolute atomic E-state index is 13.3. The number of benzene rings is 1. The van der Waals surface area contributed by atoms with Crippen molar-refractivity contribution in [3.63, 3.8) is 0 Å². The SMILES string of the molecule is CS(=O)(=O)O.C[C@H]1c2cccc(O)c2C(=O)C2=C(O)[C@]3(O)C(=O)C(C(N)=O)=C(O)[C@@H](N(C)C)[C@@H]3[C@@H](O)[C@@H]21.O. The lowest BCUT2D eigenvalue weighted by Gasteiger charge is -2.53. The summed E-state index contributed by atoms with van der Waals surface area (Å²) < 4.78 is 25.9. The van der Waals surface area contributed by atoms with Crippen molar-refractivity contribution in [3.05, 3.63) is 52.0 Å². The molecule has 3 aliphatic carbocycles. The van der Waals surface area contributed by atoms with Crippen LogP contribution in [-0.4, -0.2) is 104 Å². The zero-order valence-corrected chi connectivity index (χ0v) is 21.6. The van der Waals surface area contributed by atoms with Gasteiger partial charge in [0.25, 0.3) is 16.0 Å². The van der Waals surface area contributed by atoms with Gasteiger partial charge in [0.15, 0.2) is 11.4 Å². The lowest BCUT2D eigenvalue weighted by atomic mass is 9.55. The second-order valence-corrected chi connectivity index (χ2v) is 11.0. The second-order valence-electron chi connectivity index (χ2n) is 9.53. The number of Topliss-reactive ketones (excluding diaryl/α,β-unsaturated/α-hetero) is 2. The molecule has 15 heteroatoms. The van der Waals surface area contributed by atoms with Crippen molar-refractivity contribution in [2.75, 3.05) is 20.4 Å². The largest absolute Gasteiger partial charge is 0.510 e. The summed E-state index contributed by atoms with van der Waals surface area (Å²) in [5.74, 6) is -8.86. The van der Waals surface area contributed by atoms with Crippen molar-refractivity contribution >= 4 is 27.6 Å². The molecule has 0 unspecified atom stereocenters. The molecule has 14 nitrogen and oxygen atoms in total. The van der Waals surface area contributed by atoms with E-state index in [9.17, 15) is 48.3 Å². The Kier molecular flexibility index (Phi) is 8.20. The molecule has 6 atom stereocenters. The van der Waals surface area contributed by atoms with Gasteiger partial charge in [-0.1, -0.05) is 19.1 Å². The highest BCUT2D eigenvalue weighted by Gasteiger charge is 2.67. The lowest BCUT2D eigenvalue weighted by Crippen LogP contribution is -2.68. The molecule has 0 aromatic heterocycles. The summed E-state index contributed by atoms with van der Waals surface area (Å²) in [5, 5.41) is 55.0. The third-order valence-corrected chi connectivity index (χ3v) is 7.00. The first-order valence-corrected chi connectivity index (χ1v) is 12.8. The molecular weight excluding hydrogens is 528 g/mol. The minimum Gasteiger partial charge on any atom is -0.510 e. The molecule has 1 amide bonds. The number of hydrogen-bond acceptors (Lipinski definition) is 11. The molecule has 10 N–H and O–H groups in total. The Balaban J connectivity index is 0.000000774. The topological polar surface area (TPSA) is 267 Å². The van der Waals surface area contributed by atoms with Crippen LogP contribution in [0.1, 0.15) is 28.8 Å². The van der Waals surface area contributed by atoms with Gasteiger partial charge in [-0.2, -0.15) is 8.42 Å². The third-order valence-electron chi connectivity index (χ3n) is 7.00. The van der Waals surface area contributed by atoms with E-state index in [1.165, 1.54) is 25.1 Å². The number of phenols is 1. The number of aliphatic hydroxyl groups excluding tert-OH is 3. The number of carbonyl (C=O) groups excluding carboxylic acids is 3. The molecule has 0 spiro atoms. The summed E-state index contributed by atoms with van der Waals surface area (Å²) in [4.78, 5) is 39.8. The van der Waals surface area contributed by atoms with E-state index in [4.69, 9.17) is 10.3 Å². The smallest absolute Gasteiger partial charge is 0.261 e. The van der Waals surface area contributed by atoms with Crippen molar-refractivity contribution in [2.24, 2.45) is 17.6 Å². The number of aliphatic hydroxyl groups is 4. The number of amides is 1. The van der Waals surface area contributed by atoms with E-state index < -0.39 is 85.8 Å². The van der Waals surface area contributed by atoms with Gasteiger partial charge in [0.2, 0.25) is 5.78 Å². The average Bonchev–Trinajstić information content (AvgIpc) is 2.74. The van der Waals surface area contributed by atoms with Crippen LogP contribution < -0.4 is 5.73 Å². The molecule has 1 aromatic carbocycles. The highest BCUT2D eigenvalue weighted by atomic mass is 32.2. The van der Waals surface area contributed by atoms with Crippen molar-refractivity contribution in [2.45, 2.75) is 30.6 Å². The number of fused-ring (bicyclic) bond motifs is 3. The normalized spacial score (nSPS) is 30.5. The predicted molar refractivity (Wildman–Crippen MR) is 131 cm³/mol. The van der Waals surface area contributed by atoms with Crippen LogP contribution in [0.4, 0.5) is 0 Å². The summed E-state index contributed by atoms with van der Waals surface area (Å²) in [7, 11) is -0.691. The van der Waals surface area contributed by atoms with Gasteiger partial charge in [-0.25, -0.2) is 0 Å². The van der Waals surface area contributed by atoms with Gasteiger partial charge in [0.05, 0.1) is 29.9 Å². The number of nitrogens with two attached hydrogens (primary N) is 1. The number of likely N-dealkylation sites (N-methyl/N-ethyl adjacent to an activating group) is 1. The van der Waals surface area contributed by atoms with Crippen LogP contribution >= 0.6 is 0 Å². The molecule has 38 heavy (non-hydrogen) atoms. The van der Waals surface area contributed by atoms with E-state index in [0.717, 1.165) is 0 Å². The Bertz CT molecular complexity index is 1360. The minimum atomic E-state index is -3.67. The lowest BCUT2D eigenvalue weighted by molar-refractivity contribution is -0.162. The van der Waals surface area contributed by atoms with Crippen LogP contribution in [0.25, 0.3) is 0 Å². The van der Waals surface area contributed by atoms with Crippen molar-refractivity contribution in [1.29, 1.82) is 0 Å². The molecule has 0 saturated carbocycles. The molecule has 0 fully saturated rings. The summed E-state index contributed by atoms with van der Waals surface area (Å²) in [6.07, 6.45) is -0.874. The molecular formula is C23H30N2O12S. The molecule has 3 aliphatic rings. The van der Waals surface area contributed by atoms with Gasteiger partial charge >= 0.3 is 0 Å². The number of nitrogens with zero attached hydrogens (tertiary/aromatic N) is 1.